The molecule has 5 rings (SSSR count). The van der Waals surface area contributed by atoms with Crippen molar-refractivity contribution < 1.29 is 21.9 Å². The molecule has 1 aromatic carbocycles. The minimum absolute atomic E-state index is 0.0238. The Kier molecular flexibility index (Phi) is 5.68. The van der Waals surface area contributed by atoms with Crippen LogP contribution in [0.5, 0.6) is 5.88 Å². The predicted octanol–water partition coefficient (Wildman–Crippen LogP) is 2.94. The number of nitrogens with two attached hydrogens (primary N) is 1. The molecule has 3 atom stereocenters. The monoisotopic (exact) mass is 529 g/mol. The molecule has 0 radical (unpaired) electrons. The Hall–Kier alpha value is -3.30. The van der Waals surface area contributed by atoms with Gasteiger partial charge in [0.25, 0.3) is 0 Å². The van der Waals surface area contributed by atoms with Crippen LogP contribution in [0.25, 0.3) is 11.0 Å². The van der Waals surface area contributed by atoms with E-state index in [4.69, 9.17) is 16.9 Å². The van der Waals surface area contributed by atoms with Crippen molar-refractivity contribution >= 4 is 37.8 Å². The number of sulfone groups is 1. The number of benzene rings is 1. The highest BCUT2D eigenvalue weighted by Crippen LogP contribution is 2.68. The summed E-state index contributed by atoms with van der Waals surface area (Å²) in [5.41, 5.74) is 6.46. The van der Waals surface area contributed by atoms with E-state index in [0.29, 0.717) is 22.3 Å². The van der Waals surface area contributed by atoms with Crippen molar-refractivity contribution in [2.75, 3.05) is 12.9 Å². The van der Waals surface area contributed by atoms with Gasteiger partial charge >= 0.3 is 0 Å². The lowest BCUT2D eigenvalue weighted by molar-refractivity contribution is 0.355. The van der Waals surface area contributed by atoms with E-state index in [1.165, 1.54) is 18.5 Å². The largest absolute Gasteiger partial charge is 0.463 e. The number of aliphatic imine (C=N–C) groups is 1. The molecule has 2 aliphatic rings. The highest BCUT2D eigenvalue weighted by Gasteiger charge is 2.72. The number of ether oxygens (including phenoxy) is 1. The molecule has 0 spiro atoms. The maximum absolute atomic E-state index is 15.2. The van der Waals surface area contributed by atoms with Crippen LogP contribution >= 0.6 is 11.8 Å². The predicted molar refractivity (Wildman–Crippen MR) is 133 cm³/mol. The fourth-order valence-electron chi connectivity index (χ4n) is 4.81. The molecule has 1 fully saturated rings. The molecule has 3 aromatic rings. The standard InChI is InChI=1S/C24H21F2N5O3S2/c1-4-7-34-19-12-29-21-16(30-19)5-6-28-17(21)10-13-8-14(20(26)15(25)9-13)23(2)18-11-24(18,36(3,32)33)35-22(27)31-23/h1,5-6,8-9,12,18H,7,10-11H2,2-3H3,(H2,27,31)/t18-,23+,24+/m0/s1. The molecule has 0 unspecified atom stereocenters. The van der Waals surface area contributed by atoms with E-state index in [9.17, 15) is 12.8 Å². The van der Waals surface area contributed by atoms with Crippen LogP contribution in [0.15, 0.2) is 35.6 Å². The van der Waals surface area contributed by atoms with Gasteiger partial charge in [0, 0.05) is 30.4 Å². The van der Waals surface area contributed by atoms with Crippen LogP contribution in [0.2, 0.25) is 0 Å². The number of rotatable bonds is 6. The second-order valence-electron chi connectivity index (χ2n) is 8.98. The number of pyridine rings is 1. The molecule has 1 saturated carbocycles. The lowest BCUT2D eigenvalue weighted by Gasteiger charge is -2.33. The van der Waals surface area contributed by atoms with Crippen LogP contribution < -0.4 is 10.5 Å². The first-order valence-electron chi connectivity index (χ1n) is 10.9. The van der Waals surface area contributed by atoms with Crippen molar-refractivity contribution in [3.8, 4) is 18.2 Å². The Morgan fingerprint density at radius 2 is 2.11 bits per heavy atom. The highest BCUT2D eigenvalue weighted by atomic mass is 32.3. The van der Waals surface area contributed by atoms with Crippen LogP contribution in [-0.4, -0.2) is 45.5 Å². The number of thioether (sulfide) groups is 1. The van der Waals surface area contributed by atoms with E-state index in [-0.39, 0.29) is 36.1 Å². The Morgan fingerprint density at radius 1 is 1.33 bits per heavy atom. The molecule has 36 heavy (non-hydrogen) atoms. The molecule has 0 saturated heterocycles. The first-order chi connectivity index (χ1) is 17.0. The van der Waals surface area contributed by atoms with Gasteiger partial charge in [0.1, 0.15) is 9.60 Å². The summed E-state index contributed by atoms with van der Waals surface area (Å²) < 4.78 is 59.2. The maximum Gasteiger partial charge on any atom is 0.233 e. The van der Waals surface area contributed by atoms with Crippen molar-refractivity contribution in [1.82, 2.24) is 15.0 Å². The minimum atomic E-state index is -3.54. The van der Waals surface area contributed by atoms with Gasteiger partial charge in [-0.15, -0.1) is 6.42 Å². The number of hydrogen-bond donors (Lipinski definition) is 1. The van der Waals surface area contributed by atoms with Crippen LogP contribution in [0.1, 0.15) is 30.2 Å². The van der Waals surface area contributed by atoms with Gasteiger partial charge in [0.15, 0.2) is 33.2 Å². The van der Waals surface area contributed by atoms with Gasteiger partial charge in [-0.1, -0.05) is 17.7 Å². The van der Waals surface area contributed by atoms with E-state index in [0.717, 1.165) is 24.1 Å². The van der Waals surface area contributed by atoms with Gasteiger partial charge in [-0.2, -0.15) is 0 Å². The maximum atomic E-state index is 15.2. The Balaban J connectivity index is 1.55. The topological polar surface area (TPSA) is 120 Å². The molecule has 2 aromatic heterocycles. The Labute approximate surface area is 210 Å². The highest BCUT2D eigenvalue weighted by molar-refractivity contribution is 8.24. The van der Waals surface area contributed by atoms with Crippen LogP contribution in [0.3, 0.4) is 0 Å². The molecular formula is C24H21F2N5O3S2. The first kappa shape index (κ1) is 24.4. The number of aromatic nitrogens is 3. The molecule has 0 bridgehead atoms. The van der Waals surface area contributed by atoms with Crippen molar-refractivity contribution in [2.45, 2.75) is 29.4 Å². The van der Waals surface area contributed by atoms with Gasteiger partial charge < -0.3 is 10.5 Å². The van der Waals surface area contributed by atoms with Crippen molar-refractivity contribution in [2.24, 2.45) is 16.6 Å². The summed E-state index contributed by atoms with van der Waals surface area (Å²) >= 11 is 0.968. The third kappa shape index (κ3) is 3.87. The zero-order valence-corrected chi connectivity index (χ0v) is 21.0. The van der Waals surface area contributed by atoms with Gasteiger partial charge in [-0.05, 0) is 37.1 Å². The third-order valence-electron chi connectivity index (χ3n) is 6.61. The van der Waals surface area contributed by atoms with Crippen molar-refractivity contribution in [1.29, 1.82) is 0 Å². The van der Waals surface area contributed by atoms with E-state index < -0.39 is 37.0 Å². The van der Waals surface area contributed by atoms with Gasteiger partial charge in [0.05, 0.1) is 22.9 Å². The number of amidine groups is 1. The summed E-state index contributed by atoms with van der Waals surface area (Å²) in [7, 11) is -3.54. The van der Waals surface area contributed by atoms with Gasteiger partial charge in [-0.25, -0.2) is 27.2 Å². The van der Waals surface area contributed by atoms with Gasteiger partial charge in [-0.3, -0.25) is 9.98 Å². The number of hydrogen-bond acceptors (Lipinski definition) is 9. The molecule has 3 heterocycles. The number of nitrogens with zero attached hydrogens (tertiary/aromatic N) is 4. The Bertz CT molecular complexity index is 1590. The molecule has 186 valence electrons. The fraction of sp³-hybridized carbons (Fsp3) is 0.333. The molecule has 12 heteroatoms. The summed E-state index contributed by atoms with van der Waals surface area (Å²) in [5.74, 6) is -0.0993. The normalized spacial score (nSPS) is 25.1. The average molecular weight is 530 g/mol. The summed E-state index contributed by atoms with van der Waals surface area (Å²) in [4.78, 5) is 17.5. The lowest BCUT2D eigenvalue weighted by Crippen LogP contribution is -2.39. The number of fused-ring (bicyclic) bond motifs is 2. The summed E-state index contributed by atoms with van der Waals surface area (Å²) in [5, 5.41) is 0.0238. The van der Waals surface area contributed by atoms with Crippen LogP contribution in [-0.2, 0) is 21.8 Å². The molecule has 0 amide bonds. The second-order valence-corrected chi connectivity index (χ2v) is 12.9. The summed E-state index contributed by atoms with van der Waals surface area (Å²) in [6.45, 7) is 1.64. The zero-order valence-electron chi connectivity index (χ0n) is 19.3. The summed E-state index contributed by atoms with van der Waals surface area (Å²) in [6.07, 6.45) is 9.65. The quantitative estimate of drug-likeness (QED) is 0.484. The smallest absolute Gasteiger partial charge is 0.233 e. The molecule has 1 aliphatic carbocycles. The van der Waals surface area contributed by atoms with E-state index in [1.54, 1.807) is 13.0 Å². The molecule has 1 aliphatic heterocycles. The van der Waals surface area contributed by atoms with Crippen molar-refractivity contribution in [3.63, 3.8) is 0 Å². The molecule has 8 nitrogen and oxygen atoms in total. The molecule has 2 N–H and O–H groups in total. The van der Waals surface area contributed by atoms with Crippen LogP contribution in [0.4, 0.5) is 8.78 Å². The van der Waals surface area contributed by atoms with Crippen LogP contribution in [0, 0.1) is 29.9 Å². The van der Waals surface area contributed by atoms with E-state index in [1.807, 2.05) is 0 Å². The van der Waals surface area contributed by atoms with E-state index >= 15 is 4.39 Å². The lowest BCUT2D eigenvalue weighted by atomic mass is 9.85. The zero-order chi connectivity index (χ0) is 25.9. The average Bonchev–Trinajstić information content (AvgIpc) is 3.57. The fourth-order valence-corrected chi connectivity index (χ4v) is 8.10. The third-order valence-corrected chi connectivity index (χ3v) is 10.6. The van der Waals surface area contributed by atoms with Gasteiger partial charge in [0.2, 0.25) is 5.88 Å². The van der Waals surface area contributed by atoms with E-state index in [2.05, 4.69) is 25.9 Å². The number of terminal acetylenes is 1. The summed E-state index contributed by atoms with van der Waals surface area (Å²) in [6, 6.07) is 4.23. The van der Waals surface area contributed by atoms with Crippen molar-refractivity contribution in [3.05, 3.63) is 59.0 Å². The Morgan fingerprint density at radius 3 is 2.83 bits per heavy atom. The SMILES string of the molecule is C#CCOc1cnc2c(Cc3cc(F)c(F)c([C@@]4(C)N=C(N)S[C@@]5(S(C)(=O)=O)C[C@H]54)c3)nccc2n1. The molecular weight excluding hydrogens is 508 g/mol. The first-order valence-corrected chi connectivity index (χ1v) is 13.6. The minimum Gasteiger partial charge on any atom is -0.463 e. The second kappa shape index (κ2) is 8.38. The number of halogens is 2.